The molecule has 1 fully saturated rings. The lowest BCUT2D eigenvalue weighted by Gasteiger charge is -2.06. The monoisotopic (exact) mass is 261 g/mol. The molecule has 1 aromatic carbocycles. The van der Waals surface area contributed by atoms with Crippen LogP contribution in [0.2, 0.25) is 0 Å². The van der Waals surface area contributed by atoms with Gasteiger partial charge in [0, 0.05) is 11.3 Å². The summed E-state index contributed by atoms with van der Waals surface area (Å²) in [6.07, 6.45) is 1.71. The van der Waals surface area contributed by atoms with E-state index in [0.717, 1.165) is 12.8 Å². The quantitative estimate of drug-likeness (QED) is 0.647. The Bertz CT molecular complexity index is 503. The van der Waals surface area contributed by atoms with Crippen LogP contribution in [0.5, 0.6) is 0 Å². The van der Waals surface area contributed by atoms with Crippen molar-refractivity contribution in [3.8, 4) is 0 Å². The van der Waals surface area contributed by atoms with Crippen LogP contribution in [-0.4, -0.2) is 24.3 Å². The molecule has 0 radical (unpaired) electrons. The first-order valence-corrected chi connectivity index (χ1v) is 6.14. The first-order valence-electron chi connectivity index (χ1n) is 6.14. The molecule has 2 rings (SSSR count). The largest absolute Gasteiger partial charge is 0.455 e. The lowest BCUT2D eigenvalue weighted by atomic mass is 10.1. The summed E-state index contributed by atoms with van der Waals surface area (Å²) < 4.78 is 4.86. The van der Waals surface area contributed by atoms with Gasteiger partial charge in [-0.1, -0.05) is 0 Å². The Morgan fingerprint density at radius 1 is 1.21 bits per heavy atom. The Morgan fingerprint density at radius 2 is 1.84 bits per heavy atom. The number of esters is 1. The molecular formula is C14H15NO4. The Morgan fingerprint density at radius 3 is 2.37 bits per heavy atom. The maximum atomic E-state index is 11.5. The topological polar surface area (TPSA) is 72.5 Å². The van der Waals surface area contributed by atoms with Crippen molar-refractivity contribution >= 4 is 23.3 Å². The molecule has 0 heterocycles. The molecule has 1 N–H and O–H groups in total. The molecule has 0 spiro atoms. The highest BCUT2D eigenvalue weighted by molar-refractivity contribution is 5.96. The second-order valence-corrected chi connectivity index (χ2v) is 4.56. The molecule has 0 aromatic heterocycles. The van der Waals surface area contributed by atoms with Crippen LogP contribution in [-0.2, 0) is 14.3 Å². The Hall–Kier alpha value is -2.17. The fourth-order valence-corrected chi connectivity index (χ4v) is 1.56. The van der Waals surface area contributed by atoms with E-state index in [0.29, 0.717) is 11.3 Å². The van der Waals surface area contributed by atoms with E-state index in [-0.39, 0.29) is 30.2 Å². The third-order valence-corrected chi connectivity index (χ3v) is 2.83. The van der Waals surface area contributed by atoms with Crippen molar-refractivity contribution in [2.75, 3.05) is 11.9 Å². The average molecular weight is 261 g/mol. The smallest absolute Gasteiger partial charge is 0.309 e. The number of ketones is 1. The number of carbonyl (C=O) groups is 3. The Balaban J connectivity index is 1.80. The molecular weight excluding hydrogens is 246 g/mol. The average Bonchev–Trinajstić information content (AvgIpc) is 3.21. The van der Waals surface area contributed by atoms with Gasteiger partial charge in [0.05, 0.1) is 5.92 Å². The van der Waals surface area contributed by atoms with Gasteiger partial charge in [-0.05, 0) is 44.0 Å². The number of Topliss-reactive ketones (excluding diaryl/α,β-unsaturated/α-hetero) is 1. The molecule has 0 bridgehead atoms. The summed E-state index contributed by atoms with van der Waals surface area (Å²) in [7, 11) is 0. The molecule has 0 saturated heterocycles. The SMILES string of the molecule is CC(=O)c1ccc(NC(=O)COC(=O)C2CC2)cc1. The van der Waals surface area contributed by atoms with Crippen LogP contribution < -0.4 is 5.32 Å². The molecule has 5 nitrogen and oxygen atoms in total. The van der Waals surface area contributed by atoms with Crippen molar-refractivity contribution in [2.24, 2.45) is 5.92 Å². The highest BCUT2D eigenvalue weighted by atomic mass is 16.5. The summed E-state index contributed by atoms with van der Waals surface area (Å²) in [4.78, 5) is 33.8. The van der Waals surface area contributed by atoms with E-state index in [1.54, 1.807) is 24.3 Å². The van der Waals surface area contributed by atoms with Crippen molar-refractivity contribution in [3.05, 3.63) is 29.8 Å². The standard InChI is InChI=1S/C14H15NO4/c1-9(16)10-4-6-12(7-5-10)15-13(17)8-19-14(18)11-2-3-11/h4-7,11H,2-3,8H2,1H3,(H,15,17). The number of rotatable bonds is 5. The fourth-order valence-electron chi connectivity index (χ4n) is 1.56. The molecule has 0 atom stereocenters. The summed E-state index contributed by atoms with van der Waals surface area (Å²) in [5.74, 6) is -0.731. The van der Waals surface area contributed by atoms with Gasteiger partial charge in [-0.3, -0.25) is 14.4 Å². The first kappa shape index (κ1) is 13.3. The molecule has 1 aliphatic rings. The maximum Gasteiger partial charge on any atom is 0.309 e. The number of hydrogen-bond acceptors (Lipinski definition) is 4. The van der Waals surface area contributed by atoms with Gasteiger partial charge in [-0.2, -0.15) is 0 Å². The van der Waals surface area contributed by atoms with E-state index < -0.39 is 0 Å². The third-order valence-electron chi connectivity index (χ3n) is 2.83. The van der Waals surface area contributed by atoms with E-state index >= 15 is 0 Å². The first-order chi connectivity index (χ1) is 9.06. The van der Waals surface area contributed by atoms with Crippen LogP contribution in [0.25, 0.3) is 0 Å². The highest BCUT2D eigenvalue weighted by Crippen LogP contribution is 2.29. The molecule has 0 aliphatic heterocycles. The summed E-state index contributed by atoms with van der Waals surface area (Å²) in [6, 6.07) is 6.54. The number of benzene rings is 1. The van der Waals surface area contributed by atoms with Crippen molar-refractivity contribution < 1.29 is 19.1 Å². The zero-order valence-corrected chi connectivity index (χ0v) is 10.6. The van der Waals surface area contributed by atoms with Gasteiger partial charge < -0.3 is 10.1 Å². The van der Waals surface area contributed by atoms with E-state index in [1.807, 2.05) is 0 Å². The lowest BCUT2D eigenvalue weighted by molar-refractivity contribution is -0.148. The van der Waals surface area contributed by atoms with Crippen LogP contribution in [0.15, 0.2) is 24.3 Å². The lowest BCUT2D eigenvalue weighted by Crippen LogP contribution is -2.21. The highest BCUT2D eigenvalue weighted by Gasteiger charge is 2.31. The minimum absolute atomic E-state index is 0.0114. The minimum Gasteiger partial charge on any atom is -0.455 e. The second kappa shape index (κ2) is 5.65. The molecule has 1 aromatic rings. The van der Waals surface area contributed by atoms with Crippen molar-refractivity contribution in [1.82, 2.24) is 0 Å². The molecule has 1 aliphatic carbocycles. The predicted molar refractivity (Wildman–Crippen MR) is 68.8 cm³/mol. The number of anilines is 1. The normalized spacial score (nSPS) is 13.7. The molecule has 1 amide bonds. The van der Waals surface area contributed by atoms with Gasteiger partial charge in [0.1, 0.15) is 0 Å². The van der Waals surface area contributed by atoms with Crippen LogP contribution in [0.3, 0.4) is 0 Å². The molecule has 100 valence electrons. The van der Waals surface area contributed by atoms with Crippen molar-refractivity contribution in [1.29, 1.82) is 0 Å². The van der Waals surface area contributed by atoms with Gasteiger partial charge in [-0.15, -0.1) is 0 Å². The van der Waals surface area contributed by atoms with Crippen molar-refractivity contribution in [3.63, 3.8) is 0 Å². The summed E-state index contributed by atoms with van der Waals surface area (Å²) in [5.41, 5.74) is 1.15. The summed E-state index contributed by atoms with van der Waals surface area (Å²) >= 11 is 0. The van der Waals surface area contributed by atoms with E-state index in [1.165, 1.54) is 6.92 Å². The number of amides is 1. The summed E-state index contributed by atoms with van der Waals surface area (Å²) in [5, 5.41) is 2.60. The van der Waals surface area contributed by atoms with Gasteiger partial charge >= 0.3 is 5.97 Å². The predicted octanol–water partition coefficient (Wildman–Crippen LogP) is 1.78. The van der Waals surface area contributed by atoms with E-state index in [4.69, 9.17) is 4.74 Å². The van der Waals surface area contributed by atoms with Gasteiger partial charge in [0.25, 0.3) is 5.91 Å². The Kier molecular flexibility index (Phi) is 3.94. The molecule has 19 heavy (non-hydrogen) atoms. The van der Waals surface area contributed by atoms with Gasteiger partial charge in [0.2, 0.25) is 0 Å². The molecule has 1 saturated carbocycles. The van der Waals surface area contributed by atoms with Crippen LogP contribution in [0, 0.1) is 5.92 Å². The number of hydrogen-bond donors (Lipinski definition) is 1. The zero-order chi connectivity index (χ0) is 13.8. The number of carbonyl (C=O) groups excluding carboxylic acids is 3. The number of nitrogens with one attached hydrogen (secondary N) is 1. The van der Waals surface area contributed by atoms with Gasteiger partial charge in [-0.25, -0.2) is 0 Å². The third kappa shape index (κ3) is 3.91. The maximum absolute atomic E-state index is 11.5. The van der Waals surface area contributed by atoms with Crippen LogP contribution >= 0.6 is 0 Å². The fraction of sp³-hybridized carbons (Fsp3) is 0.357. The van der Waals surface area contributed by atoms with E-state index in [9.17, 15) is 14.4 Å². The second-order valence-electron chi connectivity index (χ2n) is 4.56. The zero-order valence-electron chi connectivity index (χ0n) is 10.6. The Labute approximate surface area is 110 Å². The molecule has 0 unspecified atom stereocenters. The van der Waals surface area contributed by atoms with Crippen LogP contribution in [0.1, 0.15) is 30.1 Å². The molecule has 5 heteroatoms. The number of ether oxygens (including phenoxy) is 1. The minimum atomic E-state index is -0.385. The van der Waals surface area contributed by atoms with E-state index in [2.05, 4.69) is 5.32 Å². The van der Waals surface area contributed by atoms with Crippen LogP contribution in [0.4, 0.5) is 5.69 Å². The summed E-state index contributed by atoms with van der Waals surface area (Å²) in [6.45, 7) is 1.20. The van der Waals surface area contributed by atoms with Gasteiger partial charge in [0.15, 0.2) is 12.4 Å². The van der Waals surface area contributed by atoms with Crippen molar-refractivity contribution in [2.45, 2.75) is 19.8 Å².